The van der Waals surface area contributed by atoms with Gasteiger partial charge in [0.1, 0.15) is 5.75 Å². The third-order valence-corrected chi connectivity index (χ3v) is 2.36. The third kappa shape index (κ3) is 4.28. The van der Waals surface area contributed by atoms with E-state index < -0.39 is 5.91 Å². The second kappa shape index (κ2) is 6.70. The molecule has 0 aliphatic carbocycles. The van der Waals surface area contributed by atoms with Gasteiger partial charge in [-0.1, -0.05) is 22.0 Å². The number of amides is 2. The molecule has 0 heterocycles. The Hall–Kier alpha value is -1.82. The van der Waals surface area contributed by atoms with Crippen LogP contribution in [0.25, 0.3) is 6.08 Å². The molecule has 1 rings (SSSR count). The standard InChI is InChI=1S/C11H11BrN2O3/c1-17-10-6-9(12)4-2-8(10)3-5-11(16)14-13-7-15/h2-7H,1H3,(H,13,15)(H,14,16)/b5-3+. The van der Waals surface area contributed by atoms with Crippen LogP contribution in [0.5, 0.6) is 5.75 Å². The summed E-state index contributed by atoms with van der Waals surface area (Å²) in [5.74, 6) is 0.217. The minimum atomic E-state index is -0.429. The van der Waals surface area contributed by atoms with Crippen molar-refractivity contribution in [2.45, 2.75) is 0 Å². The lowest BCUT2D eigenvalue weighted by atomic mass is 10.2. The molecule has 0 fully saturated rings. The van der Waals surface area contributed by atoms with E-state index in [1.807, 2.05) is 6.07 Å². The number of ether oxygens (including phenoxy) is 1. The zero-order valence-electron chi connectivity index (χ0n) is 9.07. The van der Waals surface area contributed by atoms with Gasteiger partial charge < -0.3 is 4.74 Å². The van der Waals surface area contributed by atoms with Gasteiger partial charge in [-0.3, -0.25) is 20.4 Å². The zero-order chi connectivity index (χ0) is 12.7. The van der Waals surface area contributed by atoms with Crippen LogP contribution in [0.2, 0.25) is 0 Å². The first kappa shape index (κ1) is 13.2. The van der Waals surface area contributed by atoms with Gasteiger partial charge in [0.2, 0.25) is 6.41 Å². The van der Waals surface area contributed by atoms with Gasteiger partial charge in [-0.25, -0.2) is 0 Å². The number of hydrogen-bond acceptors (Lipinski definition) is 3. The molecule has 0 saturated heterocycles. The minimum Gasteiger partial charge on any atom is -0.496 e. The third-order valence-electron chi connectivity index (χ3n) is 1.86. The normalized spacial score (nSPS) is 10.0. The highest BCUT2D eigenvalue weighted by Gasteiger charge is 2.01. The van der Waals surface area contributed by atoms with E-state index in [-0.39, 0.29) is 0 Å². The Balaban J connectivity index is 2.76. The minimum absolute atomic E-state index is 0.381. The smallest absolute Gasteiger partial charge is 0.262 e. The summed E-state index contributed by atoms with van der Waals surface area (Å²) in [6.07, 6.45) is 3.27. The summed E-state index contributed by atoms with van der Waals surface area (Å²) in [6.45, 7) is 0. The molecule has 5 nitrogen and oxygen atoms in total. The van der Waals surface area contributed by atoms with Crippen LogP contribution in [-0.2, 0) is 9.59 Å². The van der Waals surface area contributed by atoms with Crippen LogP contribution in [0.15, 0.2) is 28.7 Å². The Morgan fingerprint density at radius 3 is 2.88 bits per heavy atom. The first-order valence-corrected chi connectivity index (χ1v) is 5.47. The van der Waals surface area contributed by atoms with Crippen molar-refractivity contribution in [3.05, 3.63) is 34.3 Å². The molecule has 0 saturated carbocycles. The van der Waals surface area contributed by atoms with Gasteiger partial charge in [0.05, 0.1) is 7.11 Å². The quantitative estimate of drug-likeness (QED) is 0.488. The SMILES string of the molecule is COc1cc(Br)ccc1/C=C/C(=O)NNC=O. The maximum atomic E-state index is 11.2. The molecule has 90 valence electrons. The van der Waals surface area contributed by atoms with Crippen LogP contribution >= 0.6 is 15.9 Å². The number of methoxy groups -OCH3 is 1. The zero-order valence-corrected chi connectivity index (χ0v) is 10.7. The highest BCUT2D eigenvalue weighted by atomic mass is 79.9. The van der Waals surface area contributed by atoms with E-state index in [1.165, 1.54) is 6.08 Å². The molecule has 1 aromatic carbocycles. The molecule has 0 radical (unpaired) electrons. The lowest BCUT2D eigenvalue weighted by molar-refractivity contribution is -0.120. The van der Waals surface area contributed by atoms with Crippen molar-refractivity contribution in [2.75, 3.05) is 7.11 Å². The van der Waals surface area contributed by atoms with E-state index in [1.54, 1.807) is 25.3 Å². The Morgan fingerprint density at radius 2 is 2.24 bits per heavy atom. The molecule has 0 atom stereocenters. The summed E-state index contributed by atoms with van der Waals surface area (Å²) >= 11 is 3.32. The molecule has 0 aliphatic heterocycles. The summed E-state index contributed by atoms with van der Waals surface area (Å²) in [5.41, 5.74) is 4.97. The Labute approximate surface area is 107 Å². The highest BCUT2D eigenvalue weighted by Crippen LogP contribution is 2.24. The van der Waals surface area contributed by atoms with Crippen LogP contribution < -0.4 is 15.6 Å². The number of benzene rings is 1. The second-order valence-corrected chi connectivity index (χ2v) is 3.89. The average Bonchev–Trinajstić information content (AvgIpc) is 2.34. The predicted molar refractivity (Wildman–Crippen MR) is 67.1 cm³/mol. The molecule has 0 aliphatic rings. The van der Waals surface area contributed by atoms with Crippen LogP contribution in [0.1, 0.15) is 5.56 Å². The largest absolute Gasteiger partial charge is 0.496 e. The van der Waals surface area contributed by atoms with Gasteiger partial charge in [-0.2, -0.15) is 0 Å². The molecule has 0 bridgehead atoms. The molecular weight excluding hydrogens is 288 g/mol. The fourth-order valence-corrected chi connectivity index (χ4v) is 1.47. The van der Waals surface area contributed by atoms with E-state index in [2.05, 4.69) is 26.8 Å². The van der Waals surface area contributed by atoms with Crippen molar-refractivity contribution in [3.8, 4) is 5.75 Å². The van der Waals surface area contributed by atoms with Gasteiger partial charge in [-0.05, 0) is 18.2 Å². The Bertz CT molecular complexity index is 446. The highest BCUT2D eigenvalue weighted by molar-refractivity contribution is 9.10. The number of nitrogens with one attached hydrogen (secondary N) is 2. The maximum absolute atomic E-state index is 11.2. The van der Waals surface area contributed by atoms with Crippen molar-refractivity contribution in [3.63, 3.8) is 0 Å². The molecule has 0 aromatic heterocycles. The van der Waals surface area contributed by atoms with Gasteiger partial charge in [-0.15, -0.1) is 0 Å². The van der Waals surface area contributed by atoms with Crippen LogP contribution in [0.4, 0.5) is 0 Å². The van der Waals surface area contributed by atoms with E-state index in [0.717, 1.165) is 10.0 Å². The van der Waals surface area contributed by atoms with Crippen molar-refractivity contribution in [2.24, 2.45) is 0 Å². The number of hydrazine groups is 1. The predicted octanol–water partition coefficient (Wildman–Crippen LogP) is 1.25. The summed E-state index contributed by atoms with van der Waals surface area (Å²) in [6, 6.07) is 5.44. The first-order chi connectivity index (χ1) is 8.17. The molecule has 6 heteroatoms. The summed E-state index contributed by atoms with van der Waals surface area (Å²) in [5, 5.41) is 0. The number of carbonyl (C=O) groups excluding carboxylic acids is 2. The molecule has 1 aromatic rings. The fraction of sp³-hybridized carbons (Fsp3) is 0.0909. The molecular formula is C11H11BrN2O3. The summed E-state index contributed by atoms with van der Waals surface area (Å²) < 4.78 is 6.04. The molecule has 0 spiro atoms. The number of hydrogen-bond donors (Lipinski definition) is 2. The van der Waals surface area contributed by atoms with Gasteiger partial charge in [0.15, 0.2) is 0 Å². The monoisotopic (exact) mass is 298 g/mol. The summed E-state index contributed by atoms with van der Waals surface area (Å²) in [4.78, 5) is 21.1. The average molecular weight is 299 g/mol. The van der Waals surface area contributed by atoms with Crippen LogP contribution in [0, 0.1) is 0 Å². The van der Waals surface area contributed by atoms with Crippen molar-refractivity contribution in [1.82, 2.24) is 10.9 Å². The Kier molecular flexibility index (Phi) is 5.22. The second-order valence-electron chi connectivity index (χ2n) is 2.97. The number of carbonyl (C=O) groups is 2. The molecule has 2 amide bonds. The van der Waals surface area contributed by atoms with E-state index >= 15 is 0 Å². The fourth-order valence-electron chi connectivity index (χ4n) is 1.13. The van der Waals surface area contributed by atoms with E-state index in [9.17, 15) is 9.59 Å². The van der Waals surface area contributed by atoms with Gasteiger partial charge in [0, 0.05) is 16.1 Å². The molecule has 17 heavy (non-hydrogen) atoms. The topological polar surface area (TPSA) is 67.4 Å². The first-order valence-electron chi connectivity index (χ1n) is 4.68. The van der Waals surface area contributed by atoms with E-state index in [0.29, 0.717) is 12.2 Å². The van der Waals surface area contributed by atoms with Crippen molar-refractivity contribution >= 4 is 34.3 Å². The van der Waals surface area contributed by atoms with Crippen LogP contribution in [-0.4, -0.2) is 19.4 Å². The maximum Gasteiger partial charge on any atom is 0.262 e. The molecule has 0 unspecified atom stereocenters. The number of halogens is 1. The molecule has 2 N–H and O–H groups in total. The lowest BCUT2D eigenvalue weighted by Crippen LogP contribution is -2.34. The lowest BCUT2D eigenvalue weighted by Gasteiger charge is -2.04. The summed E-state index contributed by atoms with van der Waals surface area (Å²) in [7, 11) is 1.55. The van der Waals surface area contributed by atoms with Crippen LogP contribution in [0.3, 0.4) is 0 Å². The number of rotatable bonds is 5. The van der Waals surface area contributed by atoms with Crippen molar-refractivity contribution in [1.29, 1.82) is 0 Å². The Morgan fingerprint density at radius 1 is 1.47 bits per heavy atom. The van der Waals surface area contributed by atoms with Gasteiger partial charge in [0.25, 0.3) is 5.91 Å². The van der Waals surface area contributed by atoms with Crippen molar-refractivity contribution < 1.29 is 14.3 Å². The van der Waals surface area contributed by atoms with E-state index in [4.69, 9.17) is 4.74 Å². The van der Waals surface area contributed by atoms with Gasteiger partial charge >= 0.3 is 0 Å².